The van der Waals surface area contributed by atoms with Crippen LogP contribution in [-0.2, 0) is 6.54 Å². The average molecular weight is 408 g/mol. The monoisotopic (exact) mass is 407 g/mol. The number of carbonyl (C=O) groups is 1. The average Bonchev–Trinajstić information content (AvgIpc) is 3.09. The summed E-state index contributed by atoms with van der Waals surface area (Å²) in [6.07, 6.45) is 3.53. The lowest BCUT2D eigenvalue weighted by molar-refractivity contribution is 0.101. The van der Waals surface area contributed by atoms with Gasteiger partial charge in [0.2, 0.25) is 0 Å². The summed E-state index contributed by atoms with van der Waals surface area (Å²) in [4.78, 5) is 16.5. The van der Waals surface area contributed by atoms with Crippen LogP contribution in [0.25, 0.3) is 0 Å². The number of hydrogen-bond donors (Lipinski definition) is 1. The first-order valence-electron chi connectivity index (χ1n) is 8.70. The Labute approximate surface area is 171 Å². The van der Waals surface area contributed by atoms with Crippen LogP contribution in [0.2, 0.25) is 5.02 Å². The van der Waals surface area contributed by atoms with E-state index in [1.165, 1.54) is 23.1 Å². The van der Waals surface area contributed by atoms with Crippen LogP contribution in [0.3, 0.4) is 0 Å². The third kappa shape index (κ3) is 5.19. The van der Waals surface area contributed by atoms with Crippen molar-refractivity contribution in [3.63, 3.8) is 0 Å². The van der Waals surface area contributed by atoms with E-state index in [1.807, 2.05) is 36.4 Å². The van der Waals surface area contributed by atoms with Crippen LogP contribution in [0.4, 0.5) is 10.2 Å². The van der Waals surface area contributed by atoms with Crippen molar-refractivity contribution in [2.24, 2.45) is 0 Å². The first kappa shape index (κ1) is 20.1. The number of unbranched alkanes of at least 4 members (excludes halogenated alkanes) is 1. The summed E-state index contributed by atoms with van der Waals surface area (Å²) in [7, 11) is 0. The minimum absolute atomic E-state index is 0.0822. The number of nitriles is 1. The molecule has 0 aliphatic carbocycles. The van der Waals surface area contributed by atoms with E-state index in [0.29, 0.717) is 24.9 Å². The number of hydrogen-bond acceptors (Lipinski definition) is 4. The number of nitrogens with one attached hydrogen (secondary N) is 1. The molecule has 2 aromatic heterocycles. The zero-order valence-electron chi connectivity index (χ0n) is 15.2. The Bertz CT molecular complexity index is 1130. The van der Waals surface area contributed by atoms with Gasteiger partial charge < -0.3 is 5.32 Å². The van der Waals surface area contributed by atoms with Gasteiger partial charge >= 0.3 is 0 Å². The van der Waals surface area contributed by atoms with Crippen LogP contribution in [0, 0.1) is 29.0 Å². The minimum Gasteiger partial charge on any atom is -0.303 e. The second-order valence-corrected chi connectivity index (χ2v) is 6.36. The number of nitrogens with zero attached hydrogens (tertiary/aromatic N) is 4. The van der Waals surface area contributed by atoms with E-state index >= 15 is 0 Å². The molecular formula is C21H15ClFN5O. The highest BCUT2D eigenvalue weighted by molar-refractivity contribution is 6.34. The molecule has 29 heavy (non-hydrogen) atoms. The fraction of sp³-hybridized carbons (Fsp3) is 0.143. The van der Waals surface area contributed by atoms with Crippen molar-refractivity contribution in [2.45, 2.75) is 19.4 Å². The van der Waals surface area contributed by atoms with E-state index in [1.54, 1.807) is 0 Å². The summed E-state index contributed by atoms with van der Waals surface area (Å²) in [5, 5.41) is 15.2. The standard InChI is InChI=1S/C21H15ClFN5O/c22-17-14-26-28(11-5-4-10-24)19(17)21(29)27-20-18(23)12-16(13-25-20)9-8-15-6-2-1-3-7-15/h1-3,6-7,12-14H,4-5,11H2,(H,25,27,29). The van der Waals surface area contributed by atoms with Crippen molar-refractivity contribution in [3.05, 3.63) is 76.5 Å². The Morgan fingerprint density at radius 1 is 1.21 bits per heavy atom. The molecule has 3 aromatic rings. The van der Waals surface area contributed by atoms with Gasteiger partial charge in [-0.25, -0.2) is 9.37 Å². The molecule has 0 aliphatic rings. The van der Waals surface area contributed by atoms with E-state index in [4.69, 9.17) is 16.9 Å². The van der Waals surface area contributed by atoms with E-state index in [2.05, 4.69) is 27.2 Å². The summed E-state index contributed by atoms with van der Waals surface area (Å²) in [5.41, 5.74) is 1.26. The molecule has 1 aromatic carbocycles. The lowest BCUT2D eigenvalue weighted by Gasteiger charge is -2.08. The number of halogens is 2. The molecule has 0 aliphatic heterocycles. The Hall–Kier alpha value is -3.68. The van der Waals surface area contributed by atoms with Crippen molar-refractivity contribution in [1.82, 2.24) is 14.8 Å². The molecule has 6 nitrogen and oxygen atoms in total. The lowest BCUT2D eigenvalue weighted by atomic mass is 10.2. The van der Waals surface area contributed by atoms with Gasteiger partial charge in [-0.2, -0.15) is 10.4 Å². The molecule has 0 unspecified atom stereocenters. The first-order valence-corrected chi connectivity index (χ1v) is 9.08. The van der Waals surface area contributed by atoms with E-state index in [-0.39, 0.29) is 16.5 Å². The molecule has 0 spiro atoms. The Morgan fingerprint density at radius 3 is 2.69 bits per heavy atom. The number of anilines is 1. The van der Waals surface area contributed by atoms with Crippen molar-refractivity contribution in [2.75, 3.05) is 5.32 Å². The van der Waals surface area contributed by atoms with Crippen LogP contribution in [0.15, 0.2) is 48.8 Å². The van der Waals surface area contributed by atoms with Crippen LogP contribution in [-0.4, -0.2) is 20.7 Å². The van der Waals surface area contributed by atoms with Crippen LogP contribution in [0.1, 0.15) is 34.5 Å². The van der Waals surface area contributed by atoms with Crippen molar-refractivity contribution >= 4 is 23.3 Å². The fourth-order valence-electron chi connectivity index (χ4n) is 2.50. The molecule has 3 rings (SSSR count). The summed E-state index contributed by atoms with van der Waals surface area (Å²) in [6.45, 7) is 0.340. The number of benzene rings is 1. The van der Waals surface area contributed by atoms with E-state index in [9.17, 15) is 9.18 Å². The zero-order chi connectivity index (χ0) is 20.6. The molecule has 1 amide bonds. The van der Waals surface area contributed by atoms with Gasteiger partial charge in [0.15, 0.2) is 11.6 Å². The minimum atomic E-state index is -0.718. The predicted molar refractivity (Wildman–Crippen MR) is 107 cm³/mol. The largest absolute Gasteiger partial charge is 0.303 e. The van der Waals surface area contributed by atoms with Gasteiger partial charge in [-0.05, 0) is 24.6 Å². The smallest absolute Gasteiger partial charge is 0.276 e. The van der Waals surface area contributed by atoms with Gasteiger partial charge in [0.25, 0.3) is 5.91 Å². The fourth-order valence-corrected chi connectivity index (χ4v) is 2.72. The summed E-state index contributed by atoms with van der Waals surface area (Å²) < 4.78 is 15.8. The van der Waals surface area contributed by atoms with Crippen molar-refractivity contribution in [1.29, 1.82) is 5.26 Å². The predicted octanol–water partition coefficient (Wildman–Crippen LogP) is 4.03. The Kier molecular flexibility index (Phi) is 6.57. The maximum absolute atomic E-state index is 14.4. The zero-order valence-corrected chi connectivity index (χ0v) is 15.9. The van der Waals surface area contributed by atoms with Gasteiger partial charge in [-0.1, -0.05) is 41.6 Å². The maximum atomic E-state index is 14.4. The topological polar surface area (TPSA) is 83.6 Å². The maximum Gasteiger partial charge on any atom is 0.276 e. The number of amides is 1. The lowest BCUT2D eigenvalue weighted by Crippen LogP contribution is -2.20. The van der Waals surface area contributed by atoms with Gasteiger partial charge in [0.1, 0.15) is 5.69 Å². The molecule has 0 bridgehead atoms. The summed E-state index contributed by atoms with van der Waals surface area (Å²) >= 11 is 6.04. The number of rotatable bonds is 5. The van der Waals surface area contributed by atoms with Gasteiger partial charge in [-0.15, -0.1) is 0 Å². The summed E-state index contributed by atoms with van der Waals surface area (Å²) in [5.74, 6) is 4.15. The molecular weight excluding hydrogens is 393 g/mol. The normalized spacial score (nSPS) is 9.97. The van der Waals surface area contributed by atoms with Gasteiger partial charge in [0.05, 0.1) is 17.3 Å². The third-order valence-corrected chi connectivity index (χ3v) is 4.14. The van der Waals surface area contributed by atoms with Crippen LogP contribution < -0.4 is 5.32 Å². The number of carbonyl (C=O) groups excluding carboxylic acids is 1. The SMILES string of the molecule is N#CCCCn1ncc(Cl)c1C(=O)Nc1ncc(C#Cc2ccccc2)cc1F. The highest BCUT2D eigenvalue weighted by Gasteiger charge is 2.19. The highest BCUT2D eigenvalue weighted by Crippen LogP contribution is 2.19. The van der Waals surface area contributed by atoms with Crippen molar-refractivity contribution in [3.8, 4) is 17.9 Å². The molecule has 0 saturated heterocycles. The third-order valence-electron chi connectivity index (χ3n) is 3.87. The second-order valence-electron chi connectivity index (χ2n) is 5.95. The van der Waals surface area contributed by atoms with E-state index in [0.717, 1.165) is 5.56 Å². The second kappa shape index (κ2) is 9.50. The molecule has 144 valence electrons. The molecule has 0 saturated carbocycles. The molecule has 0 atom stereocenters. The van der Waals surface area contributed by atoms with Crippen LogP contribution in [0.5, 0.6) is 0 Å². The highest BCUT2D eigenvalue weighted by atomic mass is 35.5. The number of aryl methyl sites for hydroxylation is 1. The molecule has 0 fully saturated rings. The van der Waals surface area contributed by atoms with Crippen LogP contribution >= 0.6 is 11.6 Å². The Balaban J connectivity index is 1.74. The molecule has 8 heteroatoms. The van der Waals surface area contributed by atoms with Gasteiger partial charge in [0, 0.05) is 30.3 Å². The first-order chi connectivity index (χ1) is 14.1. The molecule has 2 heterocycles. The number of pyridine rings is 1. The van der Waals surface area contributed by atoms with Crippen molar-refractivity contribution < 1.29 is 9.18 Å². The quantitative estimate of drug-likeness (QED) is 0.511. The number of aromatic nitrogens is 3. The van der Waals surface area contributed by atoms with Gasteiger partial charge in [-0.3, -0.25) is 9.48 Å². The molecule has 0 radical (unpaired) electrons. The molecule has 1 N–H and O–H groups in total. The Morgan fingerprint density at radius 2 is 1.97 bits per heavy atom. The van der Waals surface area contributed by atoms with E-state index < -0.39 is 11.7 Å². The summed E-state index contributed by atoms with van der Waals surface area (Å²) in [6, 6.07) is 12.5.